The van der Waals surface area contributed by atoms with Crippen molar-refractivity contribution in [2.45, 2.75) is 32.1 Å². The number of hydrogen-bond donors (Lipinski definition) is 0. The van der Waals surface area contributed by atoms with Crippen molar-refractivity contribution in [1.29, 1.82) is 0 Å². The number of hydrogen-bond acceptors (Lipinski definition) is 0. The molecule has 0 spiro atoms. The maximum atomic E-state index is 2.54. The van der Waals surface area contributed by atoms with Gasteiger partial charge in [0.1, 0.15) is 0 Å². The number of nitrogens with zero attached hydrogens (tertiary/aromatic N) is 2. The van der Waals surface area contributed by atoms with Gasteiger partial charge in [0.25, 0.3) is 0 Å². The summed E-state index contributed by atoms with van der Waals surface area (Å²) >= 11 is 0. The molecule has 8 aromatic rings. The van der Waals surface area contributed by atoms with Crippen LogP contribution in [0.15, 0.2) is 140 Å². The summed E-state index contributed by atoms with van der Waals surface area (Å²) in [4.78, 5) is 0. The van der Waals surface area contributed by atoms with E-state index in [9.17, 15) is 0 Å². The number of aromatic nitrogens is 2. The van der Waals surface area contributed by atoms with Gasteiger partial charge in [0.15, 0.2) is 0 Å². The zero-order valence-electron chi connectivity index (χ0n) is 26.7. The molecule has 0 amide bonds. The second kappa shape index (κ2) is 9.70. The van der Waals surface area contributed by atoms with Gasteiger partial charge >= 0.3 is 0 Å². The Kier molecular flexibility index (Phi) is 5.49. The van der Waals surface area contributed by atoms with Crippen LogP contribution >= 0.6 is 0 Å². The summed E-state index contributed by atoms with van der Waals surface area (Å²) in [7, 11) is 0. The predicted molar refractivity (Wildman–Crippen MR) is 198 cm³/mol. The highest BCUT2D eigenvalue weighted by molar-refractivity contribution is 6.23. The fraction of sp³-hybridized carbons (Fsp3) is 0.111. The van der Waals surface area contributed by atoms with Gasteiger partial charge in [-0.25, -0.2) is 0 Å². The molecule has 2 aromatic heterocycles. The molecule has 0 N–H and O–H groups in total. The average Bonchev–Trinajstić information content (AvgIpc) is 3.72. The SMILES string of the molecule is CC1(C)c2ccccc2-c2ccc(-c3cccc(-n4c5c(c6c7c8ccccc8n(-c8ccccc8)c7ccc64)C=CCC5)c3)cc21. The van der Waals surface area contributed by atoms with Crippen LogP contribution in [0.1, 0.15) is 42.7 Å². The molecule has 10 rings (SSSR count). The van der Waals surface area contributed by atoms with Crippen molar-refractivity contribution in [3.05, 3.63) is 162 Å². The molecule has 2 aliphatic carbocycles. The predicted octanol–water partition coefficient (Wildman–Crippen LogP) is 11.7. The zero-order valence-corrected chi connectivity index (χ0v) is 26.7. The summed E-state index contributed by atoms with van der Waals surface area (Å²) in [5, 5.41) is 3.98. The van der Waals surface area contributed by atoms with Crippen molar-refractivity contribution in [2.75, 3.05) is 0 Å². The number of para-hydroxylation sites is 2. The highest BCUT2D eigenvalue weighted by Crippen LogP contribution is 2.50. The minimum Gasteiger partial charge on any atom is -0.313 e. The lowest BCUT2D eigenvalue weighted by Gasteiger charge is -2.22. The van der Waals surface area contributed by atoms with Crippen molar-refractivity contribution in [3.63, 3.8) is 0 Å². The lowest BCUT2D eigenvalue weighted by Crippen LogP contribution is -2.14. The molecular formula is C45H34N2. The van der Waals surface area contributed by atoms with Gasteiger partial charge in [-0.3, -0.25) is 0 Å². The molecule has 2 nitrogen and oxygen atoms in total. The fourth-order valence-electron chi connectivity index (χ4n) is 8.62. The van der Waals surface area contributed by atoms with Crippen molar-refractivity contribution in [2.24, 2.45) is 0 Å². The Hall–Kier alpha value is -5.60. The van der Waals surface area contributed by atoms with Gasteiger partial charge in [-0.2, -0.15) is 0 Å². The normalized spacial score (nSPS) is 14.5. The van der Waals surface area contributed by atoms with Crippen molar-refractivity contribution in [3.8, 4) is 33.6 Å². The highest BCUT2D eigenvalue weighted by atomic mass is 15.0. The standard InChI is InChI=1S/C45H34N2/c1-45(2)37-20-9-6-17-33(37)34-24-23-30(28-38(34)45)29-13-12-16-32(27-29)47-40-22-11-8-19-36(40)44-42(47)26-25-41-43(44)35-18-7-10-21-39(35)46(41)31-14-4-3-5-15-31/h3-10,12-21,23-28H,11,22H2,1-2H3. The van der Waals surface area contributed by atoms with Crippen LogP contribution in [0.4, 0.5) is 0 Å². The molecule has 47 heavy (non-hydrogen) atoms. The van der Waals surface area contributed by atoms with Gasteiger partial charge in [-0.05, 0) is 94.8 Å². The summed E-state index contributed by atoms with van der Waals surface area (Å²) in [6.45, 7) is 4.72. The van der Waals surface area contributed by atoms with Crippen LogP contribution in [-0.2, 0) is 11.8 Å². The fourth-order valence-corrected chi connectivity index (χ4v) is 8.62. The lowest BCUT2D eigenvalue weighted by atomic mass is 9.81. The summed E-state index contributed by atoms with van der Waals surface area (Å²) < 4.78 is 4.97. The third-order valence-corrected chi connectivity index (χ3v) is 10.8. The van der Waals surface area contributed by atoms with Gasteiger partial charge in [0.05, 0.1) is 16.6 Å². The first-order valence-corrected chi connectivity index (χ1v) is 16.8. The molecule has 0 fully saturated rings. The van der Waals surface area contributed by atoms with Crippen molar-refractivity contribution >= 4 is 38.8 Å². The van der Waals surface area contributed by atoms with Gasteiger partial charge in [0.2, 0.25) is 0 Å². The Labute approximate surface area is 274 Å². The average molecular weight is 603 g/mol. The number of rotatable bonds is 3. The van der Waals surface area contributed by atoms with Crippen LogP contribution in [-0.4, -0.2) is 9.13 Å². The molecule has 0 atom stereocenters. The first-order chi connectivity index (χ1) is 23.1. The van der Waals surface area contributed by atoms with E-state index in [1.165, 1.54) is 88.7 Å². The van der Waals surface area contributed by atoms with Crippen LogP contribution < -0.4 is 0 Å². The Morgan fingerprint density at radius 2 is 1.26 bits per heavy atom. The molecular weight excluding hydrogens is 569 g/mol. The molecule has 2 heterocycles. The number of allylic oxidation sites excluding steroid dienone is 1. The van der Waals surface area contributed by atoms with E-state index < -0.39 is 0 Å². The number of fused-ring (bicyclic) bond motifs is 10. The molecule has 0 bridgehead atoms. The van der Waals surface area contributed by atoms with Crippen LogP contribution in [0.3, 0.4) is 0 Å². The second-order valence-electron chi connectivity index (χ2n) is 13.7. The Balaban J connectivity index is 1.20. The van der Waals surface area contributed by atoms with E-state index in [2.05, 4.69) is 169 Å². The van der Waals surface area contributed by atoms with Crippen LogP contribution in [0, 0.1) is 0 Å². The minimum atomic E-state index is -0.0219. The smallest absolute Gasteiger partial charge is 0.0548 e. The van der Waals surface area contributed by atoms with E-state index in [1.807, 2.05) is 0 Å². The van der Waals surface area contributed by atoms with Gasteiger partial charge < -0.3 is 9.13 Å². The molecule has 0 saturated carbocycles. The topological polar surface area (TPSA) is 9.86 Å². The molecule has 0 aliphatic heterocycles. The van der Waals surface area contributed by atoms with Crippen molar-refractivity contribution in [1.82, 2.24) is 9.13 Å². The molecule has 0 saturated heterocycles. The van der Waals surface area contributed by atoms with Crippen LogP contribution in [0.25, 0.3) is 72.4 Å². The van der Waals surface area contributed by atoms with Gasteiger partial charge in [-0.15, -0.1) is 0 Å². The largest absolute Gasteiger partial charge is 0.313 e. The molecule has 0 radical (unpaired) electrons. The van der Waals surface area contributed by atoms with E-state index in [1.54, 1.807) is 0 Å². The minimum absolute atomic E-state index is 0.0219. The Morgan fingerprint density at radius 3 is 2.15 bits per heavy atom. The van der Waals surface area contributed by atoms with Crippen molar-refractivity contribution < 1.29 is 0 Å². The Bertz CT molecular complexity index is 2590. The second-order valence-corrected chi connectivity index (χ2v) is 13.7. The highest BCUT2D eigenvalue weighted by Gasteiger charge is 2.35. The summed E-state index contributed by atoms with van der Waals surface area (Å²) in [5.41, 5.74) is 17.0. The molecule has 2 heteroatoms. The van der Waals surface area contributed by atoms with E-state index in [0.717, 1.165) is 12.8 Å². The zero-order chi connectivity index (χ0) is 31.3. The maximum absolute atomic E-state index is 2.54. The molecule has 224 valence electrons. The van der Waals surface area contributed by atoms with Gasteiger partial charge in [0, 0.05) is 44.2 Å². The summed E-state index contributed by atoms with van der Waals surface area (Å²) in [5.74, 6) is 0. The monoisotopic (exact) mass is 602 g/mol. The summed E-state index contributed by atoms with van der Waals surface area (Å²) in [6, 6.07) is 49.5. The third-order valence-electron chi connectivity index (χ3n) is 10.8. The Morgan fingerprint density at radius 1 is 0.532 bits per heavy atom. The van der Waals surface area contributed by atoms with Crippen LogP contribution in [0.2, 0.25) is 0 Å². The first-order valence-electron chi connectivity index (χ1n) is 16.8. The van der Waals surface area contributed by atoms with Gasteiger partial charge in [-0.1, -0.05) is 111 Å². The molecule has 0 unspecified atom stereocenters. The van der Waals surface area contributed by atoms with E-state index in [0.29, 0.717) is 0 Å². The maximum Gasteiger partial charge on any atom is 0.0548 e. The summed E-state index contributed by atoms with van der Waals surface area (Å²) in [6.07, 6.45) is 6.80. The van der Waals surface area contributed by atoms with E-state index in [-0.39, 0.29) is 5.41 Å². The van der Waals surface area contributed by atoms with E-state index >= 15 is 0 Å². The third kappa shape index (κ3) is 3.67. The van der Waals surface area contributed by atoms with E-state index in [4.69, 9.17) is 0 Å². The van der Waals surface area contributed by atoms with Crippen LogP contribution in [0.5, 0.6) is 0 Å². The first kappa shape index (κ1) is 26.6. The lowest BCUT2D eigenvalue weighted by molar-refractivity contribution is 0.660. The number of benzene rings is 6. The quantitative estimate of drug-likeness (QED) is 0.190. The molecule has 6 aromatic carbocycles. The molecule has 2 aliphatic rings.